The molecule has 2 aliphatic rings. The van der Waals surface area contributed by atoms with Gasteiger partial charge in [0.15, 0.2) is 5.13 Å². The molecule has 0 spiro atoms. The van der Waals surface area contributed by atoms with Crippen molar-refractivity contribution in [3.05, 3.63) is 12.1 Å². The summed E-state index contributed by atoms with van der Waals surface area (Å²) in [5.41, 5.74) is 1.91. The van der Waals surface area contributed by atoms with Gasteiger partial charge in [0.1, 0.15) is 11.3 Å². The lowest BCUT2D eigenvalue weighted by atomic mass is 10.2. The highest BCUT2D eigenvalue weighted by Gasteiger charge is 2.24. The second-order valence-electron chi connectivity index (χ2n) is 7.63. The van der Waals surface area contributed by atoms with Crippen LogP contribution in [-0.4, -0.2) is 86.4 Å². The zero-order valence-corrected chi connectivity index (χ0v) is 18.1. The Balaban J connectivity index is 1.53. The van der Waals surface area contributed by atoms with Crippen LogP contribution >= 0.6 is 11.3 Å². The van der Waals surface area contributed by atoms with Crippen LogP contribution in [0.3, 0.4) is 0 Å². The predicted octanol–water partition coefficient (Wildman–Crippen LogP) is 2.70. The summed E-state index contributed by atoms with van der Waals surface area (Å²) in [6.45, 7) is 10.8. The minimum absolute atomic E-state index is 0.0839. The van der Waals surface area contributed by atoms with Crippen LogP contribution < -0.4 is 15.0 Å². The molecular formula is C20H29N5O3S. The van der Waals surface area contributed by atoms with Gasteiger partial charge in [-0.05, 0) is 26.0 Å². The van der Waals surface area contributed by atoms with E-state index in [0.717, 1.165) is 74.1 Å². The first kappa shape index (κ1) is 20.2. The first-order chi connectivity index (χ1) is 14.1. The molecule has 2 aromatic rings. The Morgan fingerprint density at radius 1 is 1.17 bits per heavy atom. The number of carbonyl (C=O) groups is 1. The van der Waals surface area contributed by atoms with Crippen LogP contribution in [0.1, 0.15) is 13.8 Å². The van der Waals surface area contributed by atoms with Gasteiger partial charge in [-0.3, -0.25) is 10.2 Å². The van der Waals surface area contributed by atoms with Crippen molar-refractivity contribution in [2.75, 3.05) is 69.8 Å². The third-order valence-electron chi connectivity index (χ3n) is 5.60. The fourth-order valence-electron chi connectivity index (χ4n) is 3.85. The quantitative estimate of drug-likeness (QED) is 0.822. The van der Waals surface area contributed by atoms with Crippen molar-refractivity contribution in [1.29, 1.82) is 0 Å². The molecule has 3 heterocycles. The van der Waals surface area contributed by atoms with Gasteiger partial charge in [-0.1, -0.05) is 11.3 Å². The Hall–Kier alpha value is -2.10. The van der Waals surface area contributed by atoms with Crippen LogP contribution in [0.5, 0.6) is 5.75 Å². The zero-order chi connectivity index (χ0) is 20.4. The van der Waals surface area contributed by atoms with E-state index < -0.39 is 0 Å². The van der Waals surface area contributed by atoms with Crippen molar-refractivity contribution in [1.82, 2.24) is 14.8 Å². The van der Waals surface area contributed by atoms with E-state index in [1.54, 1.807) is 7.11 Å². The van der Waals surface area contributed by atoms with Gasteiger partial charge in [0.2, 0.25) is 0 Å². The Morgan fingerprint density at radius 3 is 2.55 bits per heavy atom. The van der Waals surface area contributed by atoms with Gasteiger partial charge in [-0.15, -0.1) is 0 Å². The molecule has 0 unspecified atom stereocenters. The van der Waals surface area contributed by atoms with Crippen LogP contribution in [0.2, 0.25) is 0 Å². The van der Waals surface area contributed by atoms with Crippen molar-refractivity contribution in [3.8, 4) is 5.75 Å². The molecule has 0 radical (unpaired) electrons. The molecule has 0 saturated carbocycles. The summed E-state index contributed by atoms with van der Waals surface area (Å²) in [4.78, 5) is 24.0. The minimum Gasteiger partial charge on any atom is -0.494 e. The van der Waals surface area contributed by atoms with E-state index in [4.69, 9.17) is 9.47 Å². The maximum atomic E-state index is 12.8. The van der Waals surface area contributed by atoms with Crippen molar-refractivity contribution in [2.24, 2.45) is 0 Å². The molecule has 1 aromatic heterocycles. The number of morpholine rings is 1. The molecule has 1 aromatic carbocycles. The van der Waals surface area contributed by atoms with Crippen LogP contribution in [0, 0.1) is 0 Å². The number of carbonyl (C=O) groups excluding carboxylic acids is 1. The predicted molar refractivity (Wildman–Crippen MR) is 117 cm³/mol. The highest BCUT2D eigenvalue weighted by Crippen LogP contribution is 2.39. The number of rotatable bonds is 4. The van der Waals surface area contributed by atoms with Gasteiger partial charge in [-0.25, -0.2) is 9.78 Å². The van der Waals surface area contributed by atoms with Crippen LogP contribution in [0.4, 0.5) is 15.6 Å². The Bertz CT molecular complexity index is 857. The summed E-state index contributed by atoms with van der Waals surface area (Å²) >= 11 is 1.50. The number of amides is 2. The van der Waals surface area contributed by atoms with Crippen LogP contribution in [-0.2, 0) is 4.74 Å². The highest BCUT2D eigenvalue weighted by molar-refractivity contribution is 7.23. The van der Waals surface area contributed by atoms with E-state index in [2.05, 4.69) is 40.0 Å². The summed E-state index contributed by atoms with van der Waals surface area (Å²) in [5.74, 6) is 0.722. The molecule has 2 fully saturated rings. The lowest BCUT2D eigenvalue weighted by Crippen LogP contribution is -2.51. The summed E-state index contributed by atoms with van der Waals surface area (Å²) in [7, 11) is 1.65. The third kappa shape index (κ3) is 4.26. The van der Waals surface area contributed by atoms with E-state index in [1.165, 1.54) is 11.3 Å². The Kier molecular flexibility index (Phi) is 6.07. The number of benzene rings is 1. The molecule has 29 heavy (non-hydrogen) atoms. The molecule has 2 aliphatic heterocycles. The maximum Gasteiger partial charge on any atom is 0.323 e. The molecule has 2 saturated heterocycles. The molecular weight excluding hydrogens is 390 g/mol. The number of hydrogen-bond donors (Lipinski definition) is 1. The van der Waals surface area contributed by atoms with E-state index >= 15 is 0 Å². The third-order valence-corrected chi connectivity index (χ3v) is 6.60. The van der Waals surface area contributed by atoms with E-state index in [-0.39, 0.29) is 6.03 Å². The van der Waals surface area contributed by atoms with Crippen molar-refractivity contribution in [2.45, 2.75) is 19.9 Å². The van der Waals surface area contributed by atoms with Gasteiger partial charge in [-0.2, -0.15) is 0 Å². The fraction of sp³-hybridized carbons (Fsp3) is 0.600. The molecule has 158 valence electrons. The number of nitrogens with zero attached hydrogens (tertiary/aromatic N) is 4. The number of piperazine rings is 1. The number of thiazole rings is 1. The number of urea groups is 1. The Labute approximate surface area is 175 Å². The summed E-state index contributed by atoms with van der Waals surface area (Å²) < 4.78 is 12.0. The molecule has 0 aliphatic carbocycles. The zero-order valence-electron chi connectivity index (χ0n) is 17.3. The first-order valence-electron chi connectivity index (χ1n) is 10.2. The van der Waals surface area contributed by atoms with Crippen LogP contribution in [0.15, 0.2) is 12.1 Å². The second-order valence-corrected chi connectivity index (χ2v) is 8.63. The van der Waals surface area contributed by atoms with Gasteiger partial charge in [0, 0.05) is 45.3 Å². The minimum atomic E-state index is -0.0839. The second kappa shape index (κ2) is 8.73. The first-order valence-corrected chi connectivity index (χ1v) is 11.0. The lowest BCUT2D eigenvalue weighted by molar-refractivity contribution is 0.123. The summed E-state index contributed by atoms with van der Waals surface area (Å²) in [5, 5.41) is 3.61. The normalized spacial score (nSPS) is 18.5. The lowest BCUT2D eigenvalue weighted by Gasteiger charge is -2.36. The average Bonchev–Trinajstić information content (AvgIpc) is 3.17. The molecule has 8 nitrogen and oxygen atoms in total. The topological polar surface area (TPSA) is 70.2 Å². The van der Waals surface area contributed by atoms with Crippen molar-refractivity contribution < 1.29 is 14.3 Å². The van der Waals surface area contributed by atoms with E-state index in [0.29, 0.717) is 11.2 Å². The molecule has 0 atom stereocenters. The van der Waals surface area contributed by atoms with E-state index in [9.17, 15) is 4.79 Å². The molecule has 2 amide bonds. The SMILES string of the molecule is COc1ccc(N2CCOCC2)c2sc(NC(=O)N3CCN(C(C)C)CC3)nc12. The standard InChI is InChI=1S/C20H29N5O3S/c1-14(2)23-6-8-25(9-7-23)20(26)22-19-21-17-16(27-3)5-4-15(18(17)29-19)24-10-12-28-13-11-24/h4-5,14H,6-13H2,1-3H3,(H,21,22,26). The molecule has 9 heteroatoms. The number of hydrogen-bond acceptors (Lipinski definition) is 7. The van der Waals surface area contributed by atoms with Crippen LogP contribution in [0.25, 0.3) is 10.2 Å². The van der Waals surface area contributed by atoms with Gasteiger partial charge >= 0.3 is 6.03 Å². The van der Waals surface area contributed by atoms with Gasteiger partial charge < -0.3 is 19.3 Å². The molecule has 1 N–H and O–H groups in total. The largest absolute Gasteiger partial charge is 0.494 e. The fourth-order valence-corrected chi connectivity index (χ4v) is 4.87. The highest BCUT2D eigenvalue weighted by atomic mass is 32.1. The number of aromatic nitrogens is 1. The number of fused-ring (bicyclic) bond motifs is 1. The monoisotopic (exact) mass is 419 g/mol. The number of methoxy groups -OCH3 is 1. The smallest absolute Gasteiger partial charge is 0.323 e. The van der Waals surface area contributed by atoms with E-state index in [1.807, 2.05) is 11.0 Å². The summed E-state index contributed by atoms with van der Waals surface area (Å²) in [6, 6.07) is 4.44. The molecule has 4 rings (SSSR count). The van der Waals surface area contributed by atoms with Crippen molar-refractivity contribution in [3.63, 3.8) is 0 Å². The van der Waals surface area contributed by atoms with Gasteiger partial charge in [0.05, 0.1) is 30.7 Å². The average molecular weight is 420 g/mol. The molecule has 0 bridgehead atoms. The number of ether oxygens (including phenoxy) is 2. The Morgan fingerprint density at radius 2 is 1.90 bits per heavy atom. The van der Waals surface area contributed by atoms with Crippen molar-refractivity contribution >= 4 is 38.4 Å². The summed E-state index contributed by atoms with van der Waals surface area (Å²) in [6.07, 6.45) is 0. The van der Waals surface area contributed by atoms with Gasteiger partial charge in [0.25, 0.3) is 0 Å². The number of nitrogens with one attached hydrogen (secondary N) is 1. The maximum absolute atomic E-state index is 12.8. The number of anilines is 2.